The Labute approximate surface area is 190 Å². The number of fused-ring (bicyclic) bond motifs is 4. The van der Waals surface area contributed by atoms with E-state index in [1.807, 2.05) is 12.1 Å². The molecule has 1 amide bonds. The number of nitrogen functional groups attached to an aromatic ring is 1. The third kappa shape index (κ3) is 3.24. The van der Waals surface area contributed by atoms with Crippen LogP contribution < -0.4 is 25.2 Å². The van der Waals surface area contributed by atoms with Crippen molar-refractivity contribution in [2.75, 3.05) is 31.7 Å². The smallest absolute Gasteiger partial charge is 0.251 e. The Morgan fingerprint density at radius 2 is 1.91 bits per heavy atom. The molecule has 3 aromatic rings. The van der Waals surface area contributed by atoms with Crippen LogP contribution in [0.25, 0.3) is 11.3 Å². The summed E-state index contributed by atoms with van der Waals surface area (Å²) >= 11 is 1.31. The molecule has 1 aromatic heterocycles. The van der Waals surface area contributed by atoms with Crippen molar-refractivity contribution >= 4 is 29.4 Å². The van der Waals surface area contributed by atoms with E-state index in [1.54, 1.807) is 33.4 Å². The van der Waals surface area contributed by atoms with Crippen LogP contribution in [0.2, 0.25) is 0 Å². The summed E-state index contributed by atoms with van der Waals surface area (Å²) in [6.07, 6.45) is 3.16. The van der Waals surface area contributed by atoms with Crippen LogP contribution in [-0.2, 0) is 11.8 Å². The maximum Gasteiger partial charge on any atom is 0.251 e. The highest BCUT2D eigenvalue weighted by atomic mass is 32.2. The van der Waals surface area contributed by atoms with E-state index < -0.39 is 0 Å². The van der Waals surface area contributed by atoms with Crippen LogP contribution in [0.5, 0.6) is 11.5 Å². The highest BCUT2D eigenvalue weighted by molar-refractivity contribution is 8.00. The SMILES string of the molecule is CNC(=O)c1cc(OC)c(SNc2noc3c2CC2(CC2)c2ccc(N)cc2-3)c(OC)c1. The van der Waals surface area contributed by atoms with Gasteiger partial charge in [-0.05, 0) is 61.0 Å². The molecule has 1 fully saturated rings. The quantitative estimate of drug-likeness (QED) is 0.380. The Balaban J connectivity index is 1.48. The molecule has 0 bridgehead atoms. The van der Waals surface area contributed by atoms with Gasteiger partial charge in [0.15, 0.2) is 11.6 Å². The average Bonchev–Trinajstić information content (AvgIpc) is 3.46. The molecule has 5 rings (SSSR count). The number of ether oxygens (including phenoxy) is 2. The lowest BCUT2D eigenvalue weighted by Crippen LogP contribution is -2.18. The highest BCUT2D eigenvalue weighted by Crippen LogP contribution is 2.58. The molecule has 32 heavy (non-hydrogen) atoms. The minimum Gasteiger partial charge on any atom is -0.495 e. The zero-order valence-corrected chi connectivity index (χ0v) is 18.9. The monoisotopic (exact) mass is 452 g/mol. The molecule has 2 aromatic carbocycles. The number of nitrogens with two attached hydrogens (primary N) is 1. The summed E-state index contributed by atoms with van der Waals surface area (Å²) in [4.78, 5) is 12.8. The Bertz CT molecular complexity index is 1190. The second-order valence-electron chi connectivity index (χ2n) is 8.09. The maximum absolute atomic E-state index is 12.1. The first-order valence-electron chi connectivity index (χ1n) is 10.3. The summed E-state index contributed by atoms with van der Waals surface area (Å²) in [5.41, 5.74) is 10.7. The zero-order valence-electron chi connectivity index (χ0n) is 18.1. The van der Waals surface area contributed by atoms with Crippen molar-refractivity contribution in [3.63, 3.8) is 0 Å². The number of carbonyl (C=O) groups is 1. The number of hydrogen-bond acceptors (Lipinski definition) is 8. The van der Waals surface area contributed by atoms with E-state index in [9.17, 15) is 4.79 Å². The van der Waals surface area contributed by atoms with Crippen molar-refractivity contribution < 1.29 is 18.8 Å². The number of benzene rings is 2. The number of rotatable bonds is 6. The topological polar surface area (TPSA) is 112 Å². The number of amides is 1. The molecule has 0 radical (unpaired) electrons. The summed E-state index contributed by atoms with van der Waals surface area (Å²) < 4.78 is 20.1. The molecule has 0 aliphatic heterocycles. The fourth-order valence-corrected chi connectivity index (χ4v) is 5.21. The molecule has 1 spiro atoms. The molecular weight excluding hydrogens is 428 g/mol. The largest absolute Gasteiger partial charge is 0.495 e. The number of carbonyl (C=O) groups excluding carboxylic acids is 1. The zero-order chi connectivity index (χ0) is 22.5. The van der Waals surface area contributed by atoms with Gasteiger partial charge in [-0.1, -0.05) is 11.2 Å². The lowest BCUT2D eigenvalue weighted by Gasteiger charge is -2.24. The first-order chi connectivity index (χ1) is 15.5. The molecular formula is C23H24N4O4S. The second kappa shape index (κ2) is 7.67. The van der Waals surface area contributed by atoms with Gasteiger partial charge in [0, 0.05) is 34.8 Å². The Morgan fingerprint density at radius 1 is 1.19 bits per heavy atom. The van der Waals surface area contributed by atoms with Gasteiger partial charge in [-0.25, -0.2) is 0 Å². The molecule has 4 N–H and O–H groups in total. The van der Waals surface area contributed by atoms with E-state index in [2.05, 4.69) is 21.3 Å². The number of hydrogen-bond donors (Lipinski definition) is 3. The molecule has 0 unspecified atom stereocenters. The van der Waals surface area contributed by atoms with Crippen LogP contribution in [0.4, 0.5) is 11.5 Å². The van der Waals surface area contributed by atoms with Crippen molar-refractivity contribution in [2.24, 2.45) is 0 Å². The van der Waals surface area contributed by atoms with Gasteiger partial charge >= 0.3 is 0 Å². The van der Waals surface area contributed by atoms with Crippen molar-refractivity contribution in [2.45, 2.75) is 29.6 Å². The van der Waals surface area contributed by atoms with Crippen LogP contribution in [0.1, 0.15) is 34.3 Å². The van der Waals surface area contributed by atoms with E-state index in [0.29, 0.717) is 33.5 Å². The fourth-order valence-electron chi connectivity index (χ4n) is 4.36. The van der Waals surface area contributed by atoms with Gasteiger partial charge in [0.25, 0.3) is 5.91 Å². The van der Waals surface area contributed by atoms with Crippen LogP contribution >= 0.6 is 11.9 Å². The molecule has 2 aliphatic rings. The van der Waals surface area contributed by atoms with Crippen LogP contribution in [-0.4, -0.2) is 32.3 Å². The normalized spacial score (nSPS) is 15.0. The van der Waals surface area contributed by atoms with Crippen LogP contribution in [0.15, 0.2) is 39.8 Å². The number of nitrogens with one attached hydrogen (secondary N) is 2. The van der Waals surface area contributed by atoms with E-state index in [1.165, 1.54) is 17.5 Å². The van der Waals surface area contributed by atoms with E-state index in [-0.39, 0.29) is 11.3 Å². The third-order valence-electron chi connectivity index (χ3n) is 6.22. The Hall–Kier alpha value is -3.33. The summed E-state index contributed by atoms with van der Waals surface area (Å²) in [5, 5.41) is 6.93. The number of nitrogens with zero attached hydrogens (tertiary/aromatic N) is 1. The van der Waals surface area contributed by atoms with Crippen molar-refractivity contribution in [3.05, 3.63) is 47.0 Å². The Morgan fingerprint density at radius 3 is 2.53 bits per heavy atom. The molecule has 1 saturated carbocycles. The molecule has 0 atom stereocenters. The molecule has 166 valence electrons. The minimum absolute atomic E-state index is 0.146. The van der Waals surface area contributed by atoms with Gasteiger partial charge in [-0.2, -0.15) is 0 Å². The summed E-state index contributed by atoms with van der Waals surface area (Å²) in [6, 6.07) is 9.41. The van der Waals surface area contributed by atoms with E-state index >= 15 is 0 Å². The van der Waals surface area contributed by atoms with Crippen LogP contribution in [0.3, 0.4) is 0 Å². The summed E-state index contributed by atoms with van der Waals surface area (Å²) in [5.74, 6) is 2.26. The molecule has 8 nitrogen and oxygen atoms in total. The van der Waals surface area contributed by atoms with Gasteiger partial charge in [-0.3, -0.25) is 4.79 Å². The predicted octanol–water partition coefficient (Wildman–Crippen LogP) is 4.01. The van der Waals surface area contributed by atoms with Crippen molar-refractivity contribution in [1.82, 2.24) is 10.5 Å². The van der Waals surface area contributed by atoms with Gasteiger partial charge in [0.05, 0.1) is 14.2 Å². The predicted molar refractivity (Wildman–Crippen MR) is 123 cm³/mol. The summed E-state index contributed by atoms with van der Waals surface area (Å²) in [6.45, 7) is 0. The van der Waals surface area contributed by atoms with E-state index in [4.69, 9.17) is 19.7 Å². The molecule has 9 heteroatoms. The third-order valence-corrected chi connectivity index (χ3v) is 7.12. The number of anilines is 2. The summed E-state index contributed by atoms with van der Waals surface area (Å²) in [7, 11) is 4.70. The van der Waals surface area contributed by atoms with Gasteiger partial charge in [-0.15, -0.1) is 0 Å². The average molecular weight is 453 g/mol. The van der Waals surface area contributed by atoms with Crippen molar-refractivity contribution in [3.8, 4) is 22.8 Å². The van der Waals surface area contributed by atoms with E-state index in [0.717, 1.165) is 36.1 Å². The lowest BCUT2D eigenvalue weighted by atomic mass is 9.79. The van der Waals surface area contributed by atoms with Crippen LogP contribution in [0, 0.1) is 0 Å². The maximum atomic E-state index is 12.1. The first-order valence-corrected chi connectivity index (χ1v) is 11.1. The standard InChI is InChI=1S/C23H24N4O4S/c1-25-22(28)12-8-17(29-2)20(18(9-12)30-3)32-27-21-15-11-23(6-7-23)16-5-4-13(24)10-14(16)19(15)31-26-21/h4-5,8-10H,6-7,11,24H2,1-3H3,(H,25,28)(H,26,27). The highest BCUT2D eigenvalue weighted by Gasteiger charge is 2.50. The lowest BCUT2D eigenvalue weighted by molar-refractivity contribution is 0.0962. The Kier molecular flexibility index (Phi) is 4.93. The number of aromatic nitrogens is 1. The first kappa shape index (κ1) is 20.6. The second-order valence-corrected chi connectivity index (χ2v) is 8.91. The fraction of sp³-hybridized carbons (Fsp3) is 0.304. The van der Waals surface area contributed by atoms with Crippen molar-refractivity contribution in [1.29, 1.82) is 0 Å². The molecule has 2 aliphatic carbocycles. The van der Waals surface area contributed by atoms with Gasteiger partial charge in [0.1, 0.15) is 16.4 Å². The minimum atomic E-state index is -0.218. The molecule has 0 saturated heterocycles. The van der Waals surface area contributed by atoms with Gasteiger partial charge < -0.3 is 29.8 Å². The van der Waals surface area contributed by atoms with Gasteiger partial charge in [0.2, 0.25) is 0 Å². The molecule has 1 heterocycles. The number of methoxy groups -OCH3 is 2.